The van der Waals surface area contributed by atoms with Gasteiger partial charge in [-0.25, -0.2) is 4.98 Å². The van der Waals surface area contributed by atoms with E-state index in [1.165, 1.54) is 6.07 Å². The molecule has 4 rings (SSSR count). The number of carbonyl (C=O) groups excluding carboxylic acids is 2. The summed E-state index contributed by atoms with van der Waals surface area (Å²) in [7, 11) is 0. The Labute approximate surface area is 199 Å². The van der Waals surface area contributed by atoms with E-state index in [1.54, 1.807) is 24.0 Å². The number of phenolic OH excluding ortho intramolecular Hbond substituents is 1. The molecule has 0 bridgehead atoms. The zero-order valence-electron chi connectivity index (χ0n) is 19.9. The smallest absolute Gasteiger partial charge is 0.321 e. The van der Waals surface area contributed by atoms with Gasteiger partial charge in [-0.1, -0.05) is 38.0 Å². The first kappa shape index (κ1) is 23.6. The van der Waals surface area contributed by atoms with Gasteiger partial charge in [0.05, 0.1) is 30.3 Å². The third-order valence-electron chi connectivity index (χ3n) is 6.10. The van der Waals surface area contributed by atoms with Gasteiger partial charge in [0.1, 0.15) is 0 Å². The number of phenols is 1. The van der Waals surface area contributed by atoms with Gasteiger partial charge in [0.15, 0.2) is 17.4 Å². The molecule has 180 valence electrons. The molecule has 1 aliphatic rings. The average molecular weight is 466 g/mol. The Morgan fingerprint density at radius 1 is 1.09 bits per heavy atom. The maximum Gasteiger partial charge on any atom is 0.321 e. The number of rotatable bonds is 9. The molecule has 2 heterocycles. The highest BCUT2D eigenvalue weighted by molar-refractivity contribution is 6.08. The molecule has 0 spiro atoms. The summed E-state index contributed by atoms with van der Waals surface area (Å²) in [4.78, 5) is 33.5. The van der Waals surface area contributed by atoms with Gasteiger partial charge in [0, 0.05) is 6.54 Å². The fraction of sp³-hybridized carbons (Fsp3) is 0.423. The number of benzene rings is 2. The lowest BCUT2D eigenvalue weighted by Gasteiger charge is -2.38. The van der Waals surface area contributed by atoms with Crippen LogP contribution >= 0.6 is 0 Å². The van der Waals surface area contributed by atoms with Crippen LogP contribution in [0.3, 0.4) is 0 Å². The van der Waals surface area contributed by atoms with Gasteiger partial charge in [-0.15, -0.1) is 0 Å². The van der Waals surface area contributed by atoms with Gasteiger partial charge >= 0.3 is 5.97 Å². The van der Waals surface area contributed by atoms with Crippen molar-refractivity contribution in [2.75, 3.05) is 24.7 Å². The number of fused-ring (bicyclic) bond motifs is 3. The minimum Gasteiger partial charge on any atom is -0.504 e. The topological polar surface area (TPSA) is 93.9 Å². The second kappa shape index (κ2) is 10.2. The van der Waals surface area contributed by atoms with Crippen LogP contribution in [0.5, 0.6) is 11.5 Å². The molecular formula is C26H31N3O5. The number of hydrogen-bond acceptors (Lipinski definition) is 6. The van der Waals surface area contributed by atoms with Crippen LogP contribution in [0.15, 0.2) is 42.5 Å². The van der Waals surface area contributed by atoms with Crippen molar-refractivity contribution in [3.8, 4) is 11.5 Å². The van der Waals surface area contributed by atoms with E-state index in [1.807, 2.05) is 35.8 Å². The Kier molecular flexibility index (Phi) is 7.05. The Hall–Kier alpha value is -3.55. The molecule has 0 saturated carbocycles. The molecule has 1 N–H and O–H groups in total. The highest BCUT2D eigenvalue weighted by Gasteiger charge is 2.47. The molecule has 2 atom stereocenters. The number of hydrogen-bond donors (Lipinski definition) is 1. The maximum absolute atomic E-state index is 13.8. The predicted octanol–water partition coefficient (Wildman–Crippen LogP) is 4.45. The molecule has 0 saturated heterocycles. The maximum atomic E-state index is 13.8. The lowest BCUT2D eigenvalue weighted by Crippen LogP contribution is -2.50. The molecule has 0 unspecified atom stereocenters. The largest absolute Gasteiger partial charge is 0.504 e. The third-order valence-corrected chi connectivity index (χ3v) is 6.10. The number of ether oxygens (including phenoxy) is 2. The Morgan fingerprint density at radius 2 is 1.88 bits per heavy atom. The van der Waals surface area contributed by atoms with Gasteiger partial charge in [-0.3, -0.25) is 14.5 Å². The number of carbonyl (C=O) groups is 2. The summed E-state index contributed by atoms with van der Waals surface area (Å²) in [5.74, 6) is -1.19. The second-order valence-corrected chi connectivity index (χ2v) is 8.30. The number of aromatic nitrogens is 2. The van der Waals surface area contributed by atoms with E-state index in [4.69, 9.17) is 14.5 Å². The molecule has 2 aromatic carbocycles. The van der Waals surface area contributed by atoms with Crippen molar-refractivity contribution >= 4 is 28.9 Å². The normalized spacial score (nSPS) is 17.6. The molecule has 34 heavy (non-hydrogen) atoms. The molecule has 0 radical (unpaired) electrons. The van der Waals surface area contributed by atoms with Gasteiger partial charge in [0.2, 0.25) is 11.9 Å². The first-order valence-corrected chi connectivity index (χ1v) is 11.9. The molecule has 0 fully saturated rings. The number of nitrogens with zero attached hydrogens (tertiary/aromatic N) is 3. The van der Waals surface area contributed by atoms with Crippen molar-refractivity contribution in [3.05, 3.63) is 48.0 Å². The highest BCUT2D eigenvalue weighted by atomic mass is 16.5. The second-order valence-electron chi connectivity index (χ2n) is 8.30. The minimum atomic E-state index is -1.09. The highest BCUT2D eigenvalue weighted by Crippen LogP contribution is 2.43. The van der Waals surface area contributed by atoms with Crippen molar-refractivity contribution < 1.29 is 24.2 Å². The zero-order chi connectivity index (χ0) is 24.2. The van der Waals surface area contributed by atoms with Crippen LogP contribution in [0.1, 0.15) is 51.6 Å². The number of anilines is 1. The van der Waals surface area contributed by atoms with Crippen molar-refractivity contribution in [1.82, 2.24) is 9.55 Å². The molecule has 8 nitrogen and oxygen atoms in total. The van der Waals surface area contributed by atoms with Crippen LogP contribution in [-0.2, 0) is 14.3 Å². The van der Waals surface area contributed by atoms with E-state index in [0.717, 1.165) is 30.3 Å². The molecule has 0 aliphatic carbocycles. The number of aromatic hydroxyl groups is 1. The number of imidazole rings is 1. The lowest BCUT2D eigenvalue weighted by molar-refractivity contribution is -0.153. The van der Waals surface area contributed by atoms with Crippen molar-refractivity contribution in [3.63, 3.8) is 0 Å². The lowest BCUT2D eigenvalue weighted by atomic mass is 9.89. The van der Waals surface area contributed by atoms with Gasteiger partial charge in [-0.05, 0) is 50.1 Å². The summed E-state index contributed by atoms with van der Waals surface area (Å²) >= 11 is 0. The van der Waals surface area contributed by atoms with Crippen molar-refractivity contribution in [2.45, 2.75) is 46.1 Å². The summed E-state index contributed by atoms with van der Waals surface area (Å²) < 4.78 is 12.9. The van der Waals surface area contributed by atoms with Gasteiger partial charge in [-0.2, -0.15) is 0 Å². The SMILES string of the molecule is CCCCCN1C(=O)[C@H](C(=O)OCC)[C@H](c2ccc(O)c(OCC)c2)n2c1nc1ccccc12. The number of amides is 1. The Balaban J connectivity index is 1.94. The molecule has 1 aliphatic heterocycles. The Bertz CT molecular complexity index is 1190. The van der Waals surface area contributed by atoms with Gasteiger partial charge in [0.25, 0.3) is 0 Å². The average Bonchev–Trinajstić information content (AvgIpc) is 3.21. The van der Waals surface area contributed by atoms with E-state index >= 15 is 0 Å². The molecule has 3 aromatic rings. The molecule has 1 aromatic heterocycles. The molecule has 8 heteroatoms. The van der Waals surface area contributed by atoms with Crippen LogP contribution in [0, 0.1) is 5.92 Å². The summed E-state index contributed by atoms with van der Waals surface area (Å²) in [6.45, 7) is 6.66. The summed E-state index contributed by atoms with van der Waals surface area (Å²) in [5, 5.41) is 10.3. The summed E-state index contributed by atoms with van der Waals surface area (Å²) in [6.07, 6.45) is 2.78. The van der Waals surface area contributed by atoms with E-state index in [-0.39, 0.29) is 18.3 Å². The minimum absolute atomic E-state index is 0.00248. The fourth-order valence-corrected chi connectivity index (χ4v) is 4.57. The fourth-order valence-electron chi connectivity index (χ4n) is 4.57. The third kappa shape index (κ3) is 4.20. The van der Waals surface area contributed by atoms with Gasteiger partial charge < -0.3 is 19.1 Å². The first-order valence-electron chi connectivity index (χ1n) is 11.9. The van der Waals surface area contributed by atoms with Crippen LogP contribution < -0.4 is 9.64 Å². The monoisotopic (exact) mass is 465 g/mol. The zero-order valence-corrected chi connectivity index (χ0v) is 19.9. The van der Waals surface area contributed by atoms with Crippen LogP contribution in [0.4, 0.5) is 5.95 Å². The van der Waals surface area contributed by atoms with Crippen molar-refractivity contribution in [2.24, 2.45) is 5.92 Å². The molecule has 1 amide bonds. The van der Waals surface area contributed by atoms with E-state index in [9.17, 15) is 14.7 Å². The van der Waals surface area contributed by atoms with Crippen molar-refractivity contribution in [1.29, 1.82) is 0 Å². The van der Waals surface area contributed by atoms with E-state index in [2.05, 4.69) is 6.92 Å². The first-order chi connectivity index (χ1) is 16.5. The van der Waals surface area contributed by atoms with E-state index < -0.39 is 17.9 Å². The Morgan fingerprint density at radius 3 is 2.62 bits per heavy atom. The summed E-state index contributed by atoms with van der Waals surface area (Å²) in [6, 6.07) is 11.9. The van der Waals surface area contributed by atoms with Crippen LogP contribution in [-0.4, -0.2) is 46.3 Å². The van der Waals surface area contributed by atoms with Crippen LogP contribution in [0.25, 0.3) is 11.0 Å². The number of unbranched alkanes of at least 4 members (excludes halogenated alkanes) is 2. The number of esters is 1. The molecular weight excluding hydrogens is 434 g/mol. The standard InChI is InChI=1S/C26H31N3O5/c1-4-7-10-15-28-24(31)22(25(32)34-6-3)23(17-13-14-20(30)21(16-17)33-5-2)29-19-12-9-8-11-18(19)27-26(28)29/h8-9,11-14,16,22-23,30H,4-7,10,15H2,1-3H3/t22-,23+/m1/s1. The number of para-hydroxylation sites is 2. The van der Waals surface area contributed by atoms with Crippen LogP contribution in [0.2, 0.25) is 0 Å². The van der Waals surface area contributed by atoms with E-state index in [0.29, 0.717) is 30.4 Å². The summed E-state index contributed by atoms with van der Waals surface area (Å²) in [5.41, 5.74) is 2.21. The quantitative estimate of drug-likeness (QED) is 0.285. The predicted molar refractivity (Wildman–Crippen MR) is 129 cm³/mol.